The van der Waals surface area contributed by atoms with Gasteiger partial charge in [-0.15, -0.1) is 0 Å². The summed E-state index contributed by atoms with van der Waals surface area (Å²) in [5, 5.41) is 4.79. The number of likely N-dealkylation sites (tertiary alicyclic amines) is 1. The van der Waals surface area contributed by atoms with E-state index in [-0.39, 0.29) is 5.91 Å². The zero-order chi connectivity index (χ0) is 16.7. The van der Waals surface area contributed by atoms with Crippen LogP contribution in [0.5, 0.6) is 0 Å². The lowest BCUT2D eigenvalue weighted by Gasteiger charge is -2.30. The Balaban J connectivity index is 1.74. The number of aryl methyl sites for hydroxylation is 1. The highest BCUT2D eigenvalue weighted by atomic mass is 16.2. The molecular weight excluding hydrogens is 298 g/mol. The van der Waals surface area contributed by atoms with Crippen LogP contribution in [0.3, 0.4) is 0 Å². The number of rotatable bonds is 2. The van der Waals surface area contributed by atoms with E-state index in [4.69, 9.17) is 5.10 Å². The van der Waals surface area contributed by atoms with Gasteiger partial charge >= 0.3 is 0 Å². The topological polar surface area (TPSA) is 38.1 Å². The third-order valence-electron chi connectivity index (χ3n) is 5.42. The zero-order valence-corrected chi connectivity index (χ0v) is 14.6. The van der Waals surface area contributed by atoms with E-state index in [2.05, 4.69) is 26.0 Å². The number of aromatic nitrogens is 2. The second kappa shape index (κ2) is 6.08. The Morgan fingerprint density at radius 2 is 2.04 bits per heavy atom. The number of carbonyl (C=O) groups is 1. The monoisotopic (exact) mass is 323 g/mol. The molecule has 24 heavy (non-hydrogen) atoms. The highest BCUT2D eigenvalue weighted by molar-refractivity contribution is 5.94. The summed E-state index contributed by atoms with van der Waals surface area (Å²) in [6, 6.07) is 8.28. The van der Waals surface area contributed by atoms with Crippen LogP contribution in [-0.2, 0) is 12.8 Å². The summed E-state index contributed by atoms with van der Waals surface area (Å²) in [4.78, 5) is 15.1. The average Bonchev–Trinajstić information content (AvgIpc) is 3.17. The van der Waals surface area contributed by atoms with Gasteiger partial charge < -0.3 is 4.90 Å². The number of benzene rings is 1. The molecule has 1 saturated heterocycles. The Bertz CT molecular complexity index is 777. The Labute approximate surface area is 143 Å². The predicted octanol–water partition coefficient (Wildman–Crippen LogP) is 3.54. The van der Waals surface area contributed by atoms with Crippen molar-refractivity contribution >= 4 is 5.91 Å². The highest BCUT2D eigenvalue weighted by Gasteiger charge is 2.31. The third kappa shape index (κ3) is 2.54. The summed E-state index contributed by atoms with van der Waals surface area (Å²) in [6.45, 7) is 6.07. The van der Waals surface area contributed by atoms with E-state index in [1.807, 2.05) is 21.7 Å². The van der Waals surface area contributed by atoms with Crippen LogP contribution >= 0.6 is 0 Å². The van der Waals surface area contributed by atoms with Crippen LogP contribution in [0.2, 0.25) is 0 Å². The highest BCUT2D eigenvalue weighted by Crippen LogP contribution is 2.30. The van der Waals surface area contributed by atoms with Crippen molar-refractivity contribution in [1.29, 1.82) is 0 Å². The van der Waals surface area contributed by atoms with Crippen molar-refractivity contribution in [2.45, 2.75) is 46.0 Å². The van der Waals surface area contributed by atoms with Gasteiger partial charge in [-0.3, -0.25) is 4.79 Å². The maximum Gasteiger partial charge on any atom is 0.274 e. The summed E-state index contributed by atoms with van der Waals surface area (Å²) >= 11 is 0. The fourth-order valence-corrected chi connectivity index (χ4v) is 4.13. The molecule has 126 valence electrons. The van der Waals surface area contributed by atoms with Gasteiger partial charge in [0.15, 0.2) is 5.69 Å². The smallest absolute Gasteiger partial charge is 0.274 e. The molecule has 1 atom stereocenters. The number of piperidine rings is 1. The lowest BCUT2D eigenvalue weighted by molar-refractivity contribution is 0.0675. The predicted molar refractivity (Wildman–Crippen MR) is 94.6 cm³/mol. The number of nitrogens with zero attached hydrogens (tertiary/aromatic N) is 3. The number of fused-ring (bicyclic) bond motifs is 1. The molecule has 0 bridgehead atoms. The minimum atomic E-state index is 0.132. The van der Waals surface area contributed by atoms with E-state index in [0.29, 0.717) is 11.6 Å². The van der Waals surface area contributed by atoms with E-state index < -0.39 is 0 Å². The van der Waals surface area contributed by atoms with E-state index in [1.165, 1.54) is 23.2 Å². The molecule has 1 aromatic heterocycles. The van der Waals surface area contributed by atoms with Crippen LogP contribution in [0.25, 0.3) is 5.69 Å². The molecule has 0 spiro atoms. The van der Waals surface area contributed by atoms with Gasteiger partial charge in [-0.1, -0.05) is 25.1 Å². The van der Waals surface area contributed by atoms with Crippen molar-refractivity contribution in [2.75, 3.05) is 13.1 Å². The zero-order valence-electron chi connectivity index (χ0n) is 14.6. The fourth-order valence-electron chi connectivity index (χ4n) is 4.13. The molecule has 4 rings (SSSR count). The normalized spacial score (nSPS) is 20.2. The number of carbonyl (C=O) groups excluding carboxylic acids is 1. The molecule has 2 aliphatic rings. The Hall–Kier alpha value is -2.10. The maximum atomic E-state index is 13.1. The first-order valence-electron chi connectivity index (χ1n) is 9.11. The van der Waals surface area contributed by atoms with Gasteiger partial charge in [0.2, 0.25) is 0 Å². The minimum Gasteiger partial charge on any atom is -0.337 e. The molecule has 1 fully saturated rings. The maximum absolute atomic E-state index is 13.1. The van der Waals surface area contributed by atoms with Crippen LogP contribution < -0.4 is 0 Å². The molecule has 2 heterocycles. The summed E-state index contributed by atoms with van der Waals surface area (Å²) in [5.41, 5.74) is 5.40. The van der Waals surface area contributed by atoms with Crippen LogP contribution in [0.15, 0.2) is 24.3 Å². The number of hydrogen-bond acceptors (Lipinski definition) is 2. The Morgan fingerprint density at radius 1 is 1.21 bits per heavy atom. The fraction of sp³-hybridized carbons (Fsp3) is 0.500. The van der Waals surface area contributed by atoms with Crippen molar-refractivity contribution in [2.24, 2.45) is 5.92 Å². The summed E-state index contributed by atoms with van der Waals surface area (Å²) in [7, 11) is 0. The van der Waals surface area contributed by atoms with E-state index in [1.54, 1.807) is 0 Å². The Morgan fingerprint density at radius 3 is 2.83 bits per heavy atom. The molecule has 0 saturated carbocycles. The van der Waals surface area contributed by atoms with Gasteiger partial charge in [-0.2, -0.15) is 5.10 Å². The van der Waals surface area contributed by atoms with Gasteiger partial charge in [0.1, 0.15) is 0 Å². The van der Waals surface area contributed by atoms with Gasteiger partial charge in [0.25, 0.3) is 5.91 Å². The lowest BCUT2D eigenvalue weighted by Crippen LogP contribution is -2.39. The Kier molecular flexibility index (Phi) is 3.91. The molecule has 1 amide bonds. The molecule has 1 aliphatic carbocycles. The molecule has 0 radical (unpaired) electrons. The van der Waals surface area contributed by atoms with Crippen LogP contribution in [0, 0.1) is 12.8 Å². The number of hydrogen-bond donors (Lipinski definition) is 0. The summed E-state index contributed by atoms with van der Waals surface area (Å²) < 4.78 is 2.03. The van der Waals surface area contributed by atoms with Gasteiger partial charge in [-0.05, 0) is 56.6 Å². The molecule has 1 aromatic carbocycles. The van der Waals surface area contributed by atoms with Crippen LogP contribution in [-0.4, -0.2) is 33.7 Å². The van der Waals surface area contributed by atoms with Crippen molar-refractivity contribution < 1.29 is 4.79 Å². The van der Waals surface area contributed by atoms with Gasteiger partial charge in [0, 0.05) is 24.3 Å². The van der Waals surface area contributed by atoms with Gasteiger partial charge in [0.05, 0.1) is 5.69 Å². The second-order valence-corrected chi connectivity index (χ2v) is 7.32. The second-order valence-electron chi connectivity index (χ2n) is 7.32. The third-order valence-corrected chi connectivity index (χ3v) is 5.42. The summed E-state index contributed by atoms with van der Waals surface area (Å²) in [6.07, 6.45) is 5.44. The molecule has 1 unspecified atom stereocenters. The van der Waals surface area contributed by atoms with Crippen molar-refractivity contribution in [3.05, 3.63) is 46.8 Å². The minimum absolute atomic E-state index is 0.132. The SMILES string of the molecule is Cc1ccccc1-n1nc(C(=O)N2CCCC(C)C2)c2c1CCC2. The van der Waals surface area contributed by atoms with Crippen LogP contribution in [0.4, 0.5) is 0 Å². The number of para-hydroxylation sites is 1. The average molecular weight is 323 g/mol. The van der Waals surface area contributed by atoms with E-state index in [9.17, 15) is 4.79 Å². The first kappa shape index (κ1) is 15.4. The molecule has 1 aliphatic heterocycles. The number of amides is 1. The standard InChI is InChI=1S/C20H25N3O/c1-14-7-6-12-22(13-14)20(24)19-16-9-5-11-18(16)23(21-19)17-10-4-3-8-15(17)2/h3-4,8,10,14H,5-7,9,11-13H2,1-2H3. The lowest BCUT2D eigenvalue weighted by atomic mass is 10.00. The van der Waals surface area contributed by atoms with E-state index in [0.717, 1.165) is 44.5 Å². The molecule has 4 heteroatoms. The first-order chi connectivity index (χ1) is 11.6. The molecule has 4 nitrogen and oxygen atoms in total. The van der Waals surface area contributed by atoms with Crippen LogP contribution in [0.1, 0.15) is 53.5 Å². The van der Waals surface area contributed by atoms with Gasteiger partial charge in [-0.25, -0.2) is 4.68 Å². The van der Waals surface area contributed by atoms with Crippen molar-refractivity contribution in [1.82, 2.24) is 14.7 Å². The molecule has 0 N–H and O–H groups in total. The largest absolute Gasteiger partial charge is 0.337 e. The van der Waals surface area contributed by atoms with E-state index >= 15 is 0 Å². The molecule has 2 aromatic rings. The van der Waals surface area contributed by atoms with Crippen molar-refractivity contribution in [3.8, 4) is 5.69 Å². The first-order valence-corrected chi connectivity index (χ1v) is 9.11. The molecular formula is C20H25N3O. The summed E-state index contributed by atoms with van der Waals surface area (Å²) in [5.74, 6) is 0.723. The quantitative estimate of drug-likeness (QED) is 0.848. The van der Waals surface area contributed by atoms with Crippen molar-refractivity contribution in [3.63, 3.8) is 0 Å².